The summed E-state index contributed by atoms with van der Waals surface area (Å²) in [5.74, 6) is 1.96. The molecule has 4 nitrogen and oxygen atoms in total. The van der Waals surface area contributed by atoms with Gasteiger partial charge in [0.2, 0.25) is 5.91 Å². The molecule has 1 aliphatic carbocycles. The summed E-state index contributed by atoms with van der Waals surface area (Å²) < 4.78 is 0. The van der Waals surface area contributed by atoms with Gasteiger partial charge in [-0.3, -0.25) is 9.69 Å². The van der Waals surface area contributed by atoms with E-state index < -0.39 is 0 Å². The summed E-state index contributed by atoms with van der Waals surface area (Å²) in [6.45, 7) is 11.9. The fourth-order valence-electron chi connectivity index (χ4n) is 4.78. The summed E-state index contributed by atoms with van der Waals surface area (Å²) >= 11 is 0. The largest absolute Gasteiger partial charge is 0.340 e. The highest BCUT2D eigenvalue weighted by Crippen LogP contribution is 2.28. The Morgan fingerprint density at radius 3 is 2.32 bits per heavy atom. The van der Waals surface area contributed by atoms with Crippen molar-refractivity contribution in [2.45, 2.75) is 52.0 Å². The molecule has 0 aromatic heterocycles. The van der Waals surface area contributed by atoms with Crippen molar-refractivity contribution in [3.63, 3.8) is 0 Å². The quantitative estimate of drug-likeness (QED) is 0.798. The van der Waals surface area contributed by atoms with Crippen LogP contribution in [0.1, 0.15) is 46.0 Å². The predicted octanol–water partition coefficient (Wildman–Crippen LogP) is 2.05. The van der Waals surface area contributed by atoms with Crippen molar-refractivity contribution in [2.24, 2.45) is 11.8 Å². The zero-order valence-corrected chi connectivity index (χ0v) is 14.5. The van der Waals surface area contributed by atoms with Gasteiger partial charge in [0.1, 0.15) is 0 Å². The van der Waals surface area contributed by atoms with E-state index in [0.29, 0.717) is 6.04 Å². The minimum absolute atomic E-state index is 0.234. The van der Waals surface area contributed by atoms with Crippen LogP contribution < -0.4 is 0 Å². The van der Waals surface area contributed by atoms with Crippen molar-refractivity contribution in [3.05, 3.63) is 0 Å². The molecule has 1 amide bonds. The topological polar surface area (TPSA) is 26.8 Å². The molecular formula is C18H33N3O. The maximum atomic E-state index is 11.5. The molecule has 3 fully saturated rings. The van der Waals surface area contributed by atoms with Gasteiger partial charge in [-0.05, 0) is 24.7 Å². The number of likely N-dealkylation sites (tertiary alicyclic amines) is 1. The normalized spacial score (nSPS) is 32.5. The highest BCUT2D eigenvalue weighted by molar-refractivity contribution is 5.73. The average Bonchev–Trinajstić information content (AvgIpc) is 2.89. The number of hydrogen-bond donors (Lipinski definition) is 0. The van der Waals surface area contributed by atoms with Crippen LogP contribution in [0.15, 0.2) is 0 Å². The summed E-state index contributed by atoms with van der Waals surface area (Å²) in [5.41, 5.74) is 0. The van der Waals surface area contributed by atoms with Crippen LogP contribution >= 0.6 is 0 Å². The average molecular weight is 307 g/mol. The Morgan fingerprint density at radius 1 is 1.00 bits per heavy atom. The summed E-state index contributed by atoms with van der Waals surface area (Å²) in [5, 5.41) is 0. The monoisotopic (exact) mass is 307 g/mol. The molecule has 0 radical (unpaired) electrons. The van der Waals surface area contributed by atoms with Crippen LogP contribution in [0.5, 0.6) is 0 Å². The number of carbonyl (C=O) groups is 1. The van der Waals surface area contributed by atoms with Crippen LogP contribution in [0.2, 0.25) is 0 Å². The van der Waals surface area contributed by atoms with Gasteiger partial charge in [-0.25, -0.2) is 0 Å². The number of hydrogen-bond acceptors (Lipinski definition) is 3. The van der Waals surface area contributed by atoms with E-state index in [0.717, 1.165) is 38.0 Å². The Bertz CT molecular complexity index is 373. The molecule has 2 saturated heterocycles. The van der Waals surface area contributed by atoms with Gasteiger partial charge < -0.3 is 9.80 Å². The Labute approximate surface area is 135 Å². The molecule has 0 unspecified atom stereocenters. The Hall–Kier alpha value is -0.610. The van der Waals surface area contributed by atoms with Gasteiger partial charge in [-0.15, -0.1) is 0 Å². The lowest BCUT2D eigenvalue weighted by Gasteiger charge is -2.39. The first-order chi connectivity index (χ1) is 10.6. The molecule has 3 aliphatic rings. The summed E-state index contributed by atoms with van der Waals surface area (Å²) in [6.07, 6.45) is 7.25. The second-order valence-electron chi connectivity index (χ2n) is 7.81. The van der Waals surface area contributed by atoms with Gasteiger partial charge >= 0.3 is 0 Å². The molecule has 0 N–H and O–H groups in total. The van der Waals surface area contributed by atoms with Crippen LogP contribution in [0, 0.1) is 11.8 Å². The molecule has 22 heavy (non-hydrogen) atoms. The lowest BCUT2D eigenvalue weighted by atomic mass is 9.89. The third-order valence-corrected chi connectivity index (χ3v) is 6.12. The summed E-state index contributed by atoms with van der Waals surface area (Å²) in [6, 6.07) is 0.706. The van der Waals surface area contributed by atoms with Crippen molar-refractivity contribution in [3.8, 4) is 0 Å². The van der Waals surface area contributed by atoms with E-state index in [2.05, 4.69) is 16.7 Å². The fraction of sp³-hybridized carbons (Fsp3) is 0.944. The van der Waals surface area contributed by atoms with Crippen LogP contribution in [0.25, 0.3) is 0 Å². The Balaban J connectivity index is 1.47. The van der Waals surface area contributed by atoms with E-state index >= 15 is 0 Å². The van der Waals surface area contributed by atoms with Crippen molar-refractivity contribution < 1.29 is 4.79 Å². The van der Waals surface area contributed by atoms with Crippen LogP contribution in [0.4, 0.5) is 0 Å². The highest BCUT2D eigenvalue weighted by atomic mass is 16.2. The van der Waals surface area contributed by atoms with Gasteiger partial charge in [-0.2, -0.15) is 0 Å². The van der Waals surface area contributed by atoms with Crippen molar-refractivity contribution >= 4 is 5.91 Å². The summed E-state index contributed by atoms with van der Waals surface area (Å²) in [4.78, 5) is 18.8. The lowest BCUT2D eigenvalue weighted by Crippen LogP contribution is -2.53. The van der Waals surface area contributed by atoms with E-state index in [1.165, 1.54) is 51.7 Å². The Kier molecular flexibility index (Phi) is 5.40. The van der Waals surface area contributed by atoms with Crippen LogP contribution in [0.3, 0.4) is 0 Å². The maximum absolute atomic E-state index is 11.5. The van der Waals surface area contributed by atoms with E-state index in [1.807, 2.05) is 4.90 Å². The molecule has 0 aromatic rings. The van der Waals surface area contributed by atoms with Gasteiger partial charge in [0, 0.05) is 58.8 Å². The molecular weight excluding hydrogens is 274 g/mol. The molecule has 3 rings (SSSR count). The van der Waals surface area contributed by atoms with Crippen molar-refractivity contribution in [1.29, 1.82) is 0 Å². The van der Waals surface area contributed by atoms with Gasteiger partial charge in [0.15, 0.2) is 0 Å². The molecule has 2 atom stereocenters. The lowest BCUT2D eigenvalue weighted by molar-refractivity contribution is -0.130. The van der Waals surface area contributed by atoms with E-state index in [1.54, 1.807) is 6.92 Å². The molecule has 1 saturated carbocycles. The van der Waals surface area contributed by atoms with Gasteiger partial charge in [-0.1, -0.05) is 26.2 Å². The first-order valence-electron chi connectivity index (χ1n) is 9.35. The van der Waals surface area contributed by atoms with E-state index in [9.17, 15) is 4.79 Å². The van der Waals surface area contributed by atoms with Crippen molar-refractivity contribution in [2.75, 3.05) is 45.8 Å². The number of amides is 1. The molecule has 126 valence electrons. The smallest absolute Gasteiger partial charge is 0.219 e. The molecule has 4 heteroatoms. The number of nitrogens with zero attached hydrogens (tertiary/aromatic N) is 3. The van der Waals surface area contributed by atoms with Crippen LogP contribution in [-0.4, -0.2) is 72.5 Å². The second-order valence-corrected chi connectivity index (χ2v) is 7.81. The molecule has 2 heterocycles. The predicted molar refractivity (Wildman–Crippen MR) is 89.8 cm³/mol. The zero-order chi connectivity index (χ0) is 15.5. The van der Waals surface area contributed by atoms with Gasteiger partial charge in [0.25, 0.3) is 0 Å². The third-order valence-electron chi connectivity index (χ3n) is 6.12. The number of piperazine rings is 1. The first kappa shape index (κ1) is 16.3. The molecule has 2 aliphatic heterocycles. The maximum Gasteiger partial charge on any atom is 0.219 e. The number of carbonyl (C=O) groups excluding carboxylic acids is 1. The highest BCUT2D eigenvalue weighted by Gasteiger charge is 2.36. The van der Waals surface area contributed by atoms with E-state index in [-0.39, 0.29) is 5.91 Å². The molecule has 0 spiro atoms. The molecule has 0 aromatic carbocycles. The standard InChI is InChI=1S/C18H33N3O/c1-15-12-19(13-17-6-4-3-5-7-17)14-18(15)21-10-8-20(9-11-21)16(2)22/h15,17-18H,3-14H2,1-2H3/t15-,18+/m1/s1. The van der Waals surface area contributed by atoms with Crippen molar-refractivity contribution in [1.82, 2.24) is 14.7 Å². The zero-order valence-electron chi connectivity index (χ0n) is 14.5. The first-order valence-corrected chi connectivity index (χ1v) is 9.35. The minimum atomic E-state index is 0.234. The Morgan fingerprint density at radius 2 is 1.68 bits per heavy atom. The SMILES string of the molecule is CC(=O)N1CCN([C@H]2CN(CC3CCCCC3)C[C@H]2C)CC1. The van der Waals surface area contributed by atoms with Crippen LogP contribution in [-0.2, 0) is 4.79 Å². The fourth-order valence-corrected chi connectivity index (χ4v) is 4.78. The second kappa shape index (κ2) is 7.31. The number of rotatable bonds is 3. The van der Waals surface area contributed by atoms with Gasteiger partial charge in [0.05, 0.1) is 0 Å². The third kappa shape index (κ3) is 3.83. The minimum Gasteiger partial charge on any atom is -0.340 e. The van der Waals surface area contributed by atoms with E-state index in [4.69, 9.17) is 0 Å². The molecule has 0 bridgehead atoms. The summed E-state index contributed by atoms with van der Waals surface area (Å²) in [7, 11) is 0.